The molecule has 0 spiro atoms. The summed E-state index contributed by atoms with van der Waals surface area (Å²) in [7, 11) is 0. The van der Waals surface area contributed by atoms with Gasteiger partial charge in [-0.1, -0.05) is 66.6 Å². The monoisotopic (exact) mass is 430 g/mol. The summed E-state index contributed by atoms with van der Waals surface area (Å²) >= 11 is 6.34. The summed E-state index contributed by atoms with van der Waals surface area (Å²) in [6.07, 6.45) is 0.944. The number of hydrogen-bond donors (Lipinski definition) is 1. The summed E-state index contributed by atoms with van der Waals surface area (Å²) in [4.78, 5) is 17.5. The SMILES string of the molecule is CCc1ccc(NC(=O)c2nc(-c3ccc(C)cc3)n(-c3ccc(C)c(Cl)c3)n2)cc1. The summed E-state index contributed by atoms with van der Waals surface area (Å²) < 4.78 is 1.66. The third-order valence-electron chi connectivity index (χ3n) is 5.14. The zero-order chi connectivity index (χ0) is 22.0. The number of nitrogens with zero attached hydrogens (tertiary/aromatic N) is 3. The number of aromatic nitrogens is 3. The van der Waals surface area contributed by atoms with Gasteiger partial charge < -0.3 is 5.32 Å². The van der Waals surface area contributed by atoms with Crippen LogP contribution in [0.3, 0.4) is 0 Å². The minimum absolute atomic E-state index is 0.0897. The molecule has 0 fully saturated rings. The first-order valence-electron chi connectivity index (χ1n) is 10.2. The second-order valence-electron chi connectivity index (χ2n) is 7.47. The predicted molar refractivity (Wildman–Crippen MR) is 125 cm³/mol. The van der Waals surface area contributed by atoms with Gasteiger partial charge >= 0.3 is 0 Å². The molecular weight excluding hydrogens is 408 g/mol. The molecule has 0 aliphatic heterocycles. The fraction of sp³-hybridized carbons (Fsp3) is 0.160. The molecule has 0 radical (unpaired) electrons. The zero-order valence-corrected chi connectivity index (χ0v) is 18.4. The molecule has 1 amide bonds. The van der Waals surface area contributed by atoms with Crippen LogP contribution in [-0.4, -0.2) is 20.7 Å². The van der Waals surface area contributed by atoms with Gasteiger partial charge in [-0.3, -0.25) is 4.79 Å². The molecule has 156 valence electrons. The number of amides is 1. The fourth-order valence-corrected chi connectivity index (χ4v) is 3.38. The van der Waals surface area contributed by atoms with Crippen LogP contribution in [0, 0.1) is 13.8 Å². The van der Waals surface area contributed by atoms with Crippen LogP contribution in [0.4, 0.5) is 5.69 Å². The van der Waals surface area contributed by atoms with E-state index in [1.165, 1.54) is 5.56 Å². The van der Waals surface area contributed by atoms with Crippen molar-refractivity contribution in [2.45, 2.75) is 27.2 Å². The smallest absolute Gasteiger partial charge is 0.295 e. The third kappa shape index (κ3) is 4.52. The average molecular weight is 431 g/mol. The molecule has 1 heterocycles. The van der Waals surface area contributed by atoms with E-state index >= 15 is 0 Å². The first-order valence-corrected chi connectivity index (χ1v) is 10.5. The van der Waals surface area contributed by atoms with E-state index in [-0.39, 0.29) is 11.7 Å². The number of hydrogen-bond acceptors (Lipinski definition) is 3. The Labute approximate surface area is 186 Å². The summed E-state index contributed by atoms with van der Waals surface area (Å²) in [5.74, 6) is 0.299. The van der Waals surface area contributed by atoms with E-state index in [1.807, 2.05) is 80.6 Å². The van der Waals surface area contributed by atoms with Gasteiger partial charge in [0, 0.05) is 16.3 Å². The number of anilines is 1. The van der Waals surface area contributed by atoms with Crippen molar-refractivity contribution in [1.82, 2.24) is 14.8 Å². The number of carbonyl (C=O) groups is 1. The van der Waals surface area contributed by atoms with Crippen molar-refractivity contribution in [2.24, 2.45) is 0 Å². The molecule has 0 saturated heterocycles. The molecule has 5 nitrogen and oxygen atoms in total. The van der Waals surface area contributed by atoms with E-state index in [2.05, 4.69) is 22.3 Å². The summed E-state index contributed by atoms with van der Waals surface area (Å²) in [5, 5.41) is 8.02. The number of carbonyl (C=O) groups excluding carboxylic acids is 1. The molecule has 31 heavy (non-hydrogen) atoms. The van der Waals surface area contributed by atoms with Crippen LogP contribution in [0.5, 0.6) is 0 Å². The van der Waals surface area contributed by atoms with Crippen LogP contribution in [-0.2, 0) is 6.42 Å². The molecule has 0 aliphatic carbocycles. The van der Waals surface area contributed by atoms with Gasteiger partial charge in [0.05, 0.1) is 5.69 Å². The first kappa shape index (κ1) is 20.8. The second-order valence-corrected chi connectivity index (χ2v) is 7.88. The Morgan fingerprint density at radius 2 is 1.71 bits per heavy atom. The van der Waals surface area contributed by atoms with E-state index in [9.17, 15) is 4.79 Å². The Bertz CT molecular complexity index is 1230. The molecule has 0 unspecified atom stereocenters. The average Bonchev–Trinajstić information content (AvgIpc) is 3.22. The Morgan fingerprint density at radius 3 is 2.35 bits per heavy atom. The number of aryl methyl sites for hydroxylation is 3. The quantitative estimate of drug-likeness (QED) is 0.421. The van der Waals surface area contributed by atoms with Crippen molar-refractivity contribution >= 4 is 23.2 Å². The predicted octanol–water partition coefficient (Wildman–Crippen LogP) is 6.02. The highest BCUT2D eigenvalue weighted by atomic mass is 35.5. The lowest BCUT2D eigenvalue weighted by molar-refractivity contribution is 0.101. The van der Waals surface area contributed by atoms with Gasteiger partial charge in [-0.25, -0.2) is 9.67 Å². The van der Waals surface area contributed by atoms with Crippen LogP contribution in [0.25, 0.3) is 17.1 Å². The summed E-state index contributed by atoms with van der Waals surface area (Å²) in [6.45, 7) is 6.06. The summed E-state index contributed by atoms with van der Waals surface area (Å²) in [6, 6.07) is 21.4. The maximum atomic E-state index is 12.9. The van der Waals surface area contributed by atoms with Crippen LogP contribution in [0.15, 0.2) is 66.7 Å². The van der Waals surface area contributed by atoms with Gasteiger partial charge in [0.25, 0.3) is 5.91 Å². The standard InChI is InChI=1S/C25H23ClN4O/c1-4-18-8-12-20(13-9-18)27-25(31)23-28-24(19-10-5-16(2)6-11-19)30(29-23)21-14-7-17(3)22(26)15-21/h5-15H,4H2,1-3H3,(H,27,31). The summed E-state index contributed by atoms with van der Waals surface area (Å²) in [5.41, 5.74) is 5.62. The molecule has 1 N–H and O–H groups in total. The fourth-order valence-electron chi connectivity index (χ4n) is 3.20. The van der Waals surface area contributed by atoms with E-state index in [4.69, 9.17) is 11.6 Å². The largest absolute Gasteiger partial charge is 0.319 e. The van der Waals surface area contributed by atoms with Gasteiger partial charge in [0.1, 0.15) is 0 Å². The third-order valence-corrected chi connectivity index (χ3v) is 5.55. The number of halogens is 1. The molecule has 0 saturated carbocycles. The minimum Gasteiger partial charge on any atom is -0.319 e. The molecule has 4 aromatic rings. The topological polar surface area (TPSA) is 59.8 Å². The van der Waals surface area contributed by atoms with E-state index in [0.29, 0.717) is 16.5 Å². The molecule has 6 heteroatoms. The van der Waals surface area contributed by atoms with Gasteiger partial charge in [-0.2, -0.15) is 0 Å². The van der Waals surface area contributed by atoms with Gasteiger partial charge in [-0.05, 0) is 55.7 Å². The molecule has 0 bridgehead atoms. The van der Waals surface area contributed by atoms with E-state index in [1.54, 1.807) is 4.68 Å². The van der Waals surface area contributed by atoms with Gasteiger partial charge in [-0.15, -0.1) is 5.10 Å². The first-order chi connectivity index (χ1) is 14.9. The maximum Gasteiger partial charge on any atom is 0.295 e. The van der Waals surface area contributed by atoms with Gasteiger partial charge in [0.15, 0.2) is 5.82 Å². The van der Waals surface area contributed by atoms with Crippen LogP contribution >= 0.6 is 11.6 Å². The molecule has 0 atom stereocenters. The lowest BCUT2D eigenvalue weighted by Crippen LogP contribution is -2.14. The highest BCUT2D eigenvalue weighted by Crippen LogP contribution is 2.25. The molecule has 4 rings (SSSR count). The van der Waals surface area contributed by atoms with Gasteiger partial charge in [0.2, 0.25) is 5.82 Å². The molecular formula is C25H23ClN4O. The lowest BCUT2D eigenvalue weighted by atomic mass is 10.1. The van der Waals surface area contributed by atoms with Crippen molar-refractivity contribution < 1.29 is 4.79 Å². The normalized spacial score (nSPS) is 10.8. The highest BCUT2D eigenvalue weighted by Gasteiger charge is 2.19. The van der Waals surface area contributed by atoms with Crippen molar-refractivity contribution in [3.8, 4) is 17.1 Å². The molecule has 1 aromatic heterocycles. The lowest BCUT2D eigenvalue weighted by Gasteiger charge is -2.08. The highest BCUT2D eigenvalue weighted by molar-refractivity contribution is 6.31. The van der Waals surface area contributed by atoms with Crippen molar-refractivity contribution in [1.29, 1.82) is 0 Å². The number of rotatable bonds is 5. The van der Waals surface area contributed by atoms with Crippen molar-refractivity contribution in [3.63, 3.8) is 0 Å². The Hall–Kier alpha value is -3.44. The maximum absolute atomic E-state index is 12.9. The van der Waals surface area contributed by atoms with Crippen LogP contribution < -0.4 is 5.32 Å². The van der Waals surface area contributed by atoms with Crippen LogP contribution in [0.1, 0.15) is 34.2 Å². The molecule has 3 aromatic carbocycles. The Kier molecular flexibility index (Phi) is 5.87. The second kappa shape index (κ2) is 8.74. The van der Waals surface area contributed by atoms with E-state index < -0.39 is 0 Å². The zero-order valence-electron chi connectivity index (χ0n) is 17.7. The minimum atomic E-state index is -0.366. The van der Waals surface area contributed by atoms with Crippen molar-refractivity contribution in [2.75, 3.05) is 5.32 Å². The molecule has 0 aliphatic rings. The number of nitrogens with one attached hydrogen (secondary N) is 1. The Morgan fingerprint density at radius 1 is 1.00 bits per heavy atom. The van der Waals surface area contributed by atoms with Crippen molar-refractivity contribution in [3.05, 3.63) is 94.3 Å². The van der Waals surface area contributed by atoms with Crippen LogP contribution in [0.2, 0.25) is 5.02 Å². The Balaban J connectivity index is 1.73. The van der Waals surface area contributed by atoms with E-state index in [0.717, 1.165) is 28.8 Å². The number of benzene rings is 3.